The Balaban J connectivity index is 1.54. The Morgan fingerprint density at radius 1 is 1.00 bits per heavy atom. The summed E-state index contributed by atoms with van der Waals surface area (Å²) in [5.41, 5.74) is 5.09. The van der Waals surface area contributed by atoms with E-state index in [2.05, 4.69) is 64.5 Å². The number of carbonyl (C=O) groups is 1. The van der Waals surface area contributed by atoms with E-state index >= 15 is 0 Å². The average Bonchev–Trinajstić information content (AvgIpc) is 3.37. The first-order valence-electron chi connectivity index (χ1n) is 13.6. The predicted molar refractivity (Wildman–Crippen MR) is 154 cm³/mol. The van der Waals surface area contributed by atoms with Crippen LogP contribution in [0.1, 0.15) is 57.9 Å². The Labute approximate surface area is 222 Å². The van der Waals surface area contributed by atoms with Crippen LogP contribution >= 0.6 is 0 Å². The van der Waals surface area contributed by atoms with Gasteiger partial charge in [-0.3, -0.25) is 0 Å². The average molecular weight is 506 g/mol. The number of benzene rings is 2. The number of aryl methyl sites for hydroxylation is 2. The minimum atomic E-state index is -0.209. The summed E-state index contributed by atoms with van der Waals surface area (Å²) in [6.45, 7) is 6.36. The van der Waals surface area contributed by atoms with Crippen LogP contribution in [0, 0.1) is 0 Å². The third kappa shape index (κ3) is 8.85. The molecule has 0 aliphatic carbocycles. The Hall–Kier alpha value is -3.48. The zero-order valence-corrected chi connectivity index (χ0v) is 22.9. The molecular weight excluding hydrogens is 462 g/mol. The number of carbonyl (C=O) groups excluding carboxylic acids is 1. The minimum absolute atomic E-state index is 0.209. The molecule has 0 fully saturated rings. The zero-order valence-electron chi connectivity index (χ0n) is 22.9. The van der Waals surface area contributed by atoms with Crippen molar-refractivity contribution in [3.63, 3.8) is 0 Å². The second-order valence-corrected chi connectivity index (χ2v) is 9.63. The topological polar surface area (TPSA) is 71.4 Å². The molecule has 7 heteroatoms. The Kier molecular flexibility index (Phi) is 11.3. The molecule has 0 bridgehead atoms. The molecule has 0 radical (unpaired) electrons. The van der Waals surface area contributed by atoms with E-state index in [9.17, 15) is 4.79 Å². The molecule has 3 rings (SSSR count). The van der Waals surface area contributed by atoms with Crippen LogP contribution in [-0.4, -0.2) is 42.8 Å². The Morgan fingerprint density at radius 3 is 2.51 bits per heavy atom. The third-order valence-electron chi connectivity index (χ3n) is 6.31. The molecule has 0 unspecified atom stereocenters. The Morgan fingerprint density at radius 2 is 1.78 bits per heavy atom. The van der Waals surface area contributed by atoms with Gasteiger partial charge in [-0.25, -0.2) is 9.78 Å². The number of anilines is 2. The van der Waals surface area contributed by atoms with Gasteiger partial charge in [-0.2, -0.15) is 0 Å². The van der Waals surface area contributed by atoms with E-state index in [1.807, 2.05) is 43.5 Å². The lowest BCUT2D eigenvalue weighted by Crippen LogP contribution is -2.30. The van der Waals surface area contributed by atoms with Crippen molar-refractivity contribution in [1.29, 1.82) is 0 Å². The third-order valence-corrected chi connectivity index (χ3v) is 6.31. The first kappa shape index (κ1) is 28.1. The molecule has 200 valence electrons. The number of urea groups is 1. The summed E-state index contributed by atoms with van der Waals surface area (Å²) in [6, 6.07) is 14.3. The molecule has 0 saturated heterocycles. The number of para-hydroxylation sites is 1. The molecule has 7 nitrogen and oxygen atoms in total. The van der Waals surface area contributed by atoms with Gasteiger partial charge < -0.3 is 24.8 Å². The van der Waals surface area contributed by atoms with Crippen molar-refractivity contribution >= 4 is 17.4 Å². The van der Waals surface area contributed by atoms with E-state index in [0.717, 1.165) is 55.6 Å². The van der Waals surface area contributed by atoms with Crippen molar-refractivity contribution < 1.29 is 9.53 Å². The zero-order chi connectivity index (χ0) is 26.5. The first-order chi connectivity index (χ1) is 18.0. The monoisotopic (exact) mass is 505 g/mol. The fourth-order valence-corrected chi connectivity index (χ4v) is 4.16. The molecule has 3 aromatic rings. The maximum absolute atomic E-state index is 12.5. The highest BCUT2D eigenvalue weighted by Crippen LogP contribution is 2.34. The fourth-order valence-electron chi connectivity index (χ4n) is 4.16. The molecule has 2 aromatic carbocycles. The summed E-state index contributed by atoms with van der Waals surface area (Å²) in [7, 11) is 3.91. The molecular formula is C30H43N5O2. The van der Waals surface area contributed by atoms with E-state index in [1.54, 1.807) is 0 Å². The molecule has 0 aliphatic heterocycles. The van der Waals surface area contributed by atoms with Crippen molar-refractivity contribution in [1.82, 2.24) is 14.9 Å². The lowest BCUT2D eigenvalue weighted by Gasteiger charge is -2.21. The van der Waals surface area contributed by atoms with Crippen molar-refractivity contribution in [2.24, 2.45) is 0 Å². The number of imidazole rings is 1. The summed E-state index contributed by atoms with van der Waals surface area (Å²) in [5, 5.41) is 5.94. The molecule has 0 saturated carbocycles. The quantitative estimate of drug-likeness (QED) is 0.224. The van der Waals surface area contributed by atoms with Gasteiger partial charge in [-0.05, 0) is 43.4 Å². The summed E-state index contributed by atoms with van der Waals surface area (Å²) in [5.74, 6) is 0.671. The van der Waals surface area contributed by atoms with Crippen molar-refractivity contribution in [2.45, 2.75) is 65.3 Å². The van der Waals surface area contributed by atoms with Crippen LogP contribution in [-0.2, 0) is 13.0 Å². The van der Waals surface area contributed by atoms with Crippen LogP contribution in [0.4, 0.5) is 16.2 Å². The largest absolute Gasteiger partial charge is 0.491 e. The van der Waals surface area contributed by atoms with E-state index in [1.165, 1.54) is 18.4 Å². The highest BCUT2D eigenvalue weighted by Gasteiger charge is 2.14. The number of hydrogen-bond donors (Lipinski definition) is 2. The maximum atomic E-state index is 12.5. The van der Waals surface area contributed by atoms with Gasteiger partial charge in [0.05, 0.1) is 24.3 Å². The number of nitrogens with one attached hydrogen (secondary N) is 2. The fraction of sp³-hybridized carbons (Fsp3) is 0.467. The summed E-state index contributed by atoms with van der Waals surface area (Å²) in [6.07, 6.45) is 11.5. The van der Waals surface area contributed by atoms with Gasteiger partial charge in [-0.1, -0.05) is 63.4 Å². The van der Waals surface area contributed by atoms with Crippen molar-refractivity contribution in [3.05, 3.63) is 60.6 Å². The van der Waals surface area contributed by atoms with Crippen LogP contribution in [0.3, 0.4) is 0 Å². The predicted octanol–water partition coefficient (Wildman–Crippen LogP) is 6.74. The van der Waals surface area contributed by atoms with Crippen molar-refractivity contribution in [3.8, 4) is 17.0 Å². The van der Waals surface area contributed by atoms with E-state index in [-0.39, 0.29) is 6.03 Å². The minimum Gasteiger partial charge on any atom is -0.491 e. The molecule has 0 atom stereocenters. The molecule has 2 N–H and O–H groups in total. The molecule has 0 spiro atoms. The number of rotatable bonds is 15. The van der Waals surface area contributed by atoms with E-state index in [4.69, 9.17) is 4.74 Å². The molecule has 2 amide bonds. The summed E-state index contributed by atoms with van der Waals surface area (Å²) >= 11 is 0. The van der Waals surface area contributed by atoms with E-state index in [0.29, 0.717) is 24.6 Å². The molecule has 0 aliphatic rings. The Bertz CT molecular complexity index is 1090. The number of unbranched alkanes of at least 4 members (excludes halogenated alkanes) is 3. The summed E-state index contributed by atoms with van der Waals surface area (Å²) < 4.78 is 8.23. The number of aromatic nitrogens is 2. The van der Waals surface area contributed by atoms with Gasteiger partial charge in [-0.15, -0.1) is 0 Å². The van der Waals surface area contributed by atoms with Gasteiger partial charge in [0.15, 0.2) is 0 Å². The normalized spacial score (nSPS) is 10.8. The summed E-state index contributed by atoms with van der Waals surface area (Å²) in [4.78, 5) is 19.1. The van der Waals surface area contributed by atoms with Gasteiger partial charge in [0.2, 0.25) is 0 Å². The van der Waals surface area contributed by atoms with Crippen molar-refractivity contribution in [2.75, 3.05) is 37.5 Å². The van der Waals surface area contributed by atoms with E-state index < -0.39 is 0 Å². The molecule has 37 heavy (non-hydrogen) atoms. The van der Waals surface area contributed by atoms with Crippen LogP contribution in [0.5, 0.6) is 5.75 Å². The van der Waals surface area contributed by atoms with Gasteiger partial charge in [0.1, 0.15) is 11.4 Å². The van der Waals surface area contributed by atoms with Gasteiger partial charge in [0, 0.05) is 38.9 Å². The van der Waals surface area contributed by atoms with Crippen LogP contribution in [0.15, 0.2) is 55.0 Å². The number of ether oxygens (including phenoxy) is 1. The highest BCUT2D eigenvalue weighted by atomic mass is 16.5. The van der Waals surface area contributed by atoms with Gasteiger partial charge >= 0.3 is 6.03 Å². The number of amides is 2. The first-order valence-corrected chi connectivity index (χ1v) is 13.6. The smallest absolute Gasteiger partial charge is 0.319 e. The van der Waals surface area contributed by atoms with Crippen LogP contribution in [0.25, 0.3) is 11.3 Å². The maximum Gasteiger partial charge on any atom is 0.319 e. The number of hydrogen-bond acceptors (Lipinski definition) is 4. The van der Waals surface area contributed by atoms with Gasteiger partial charge in [0.25, 0.3) is 0 Å². The lowest BCUT2D eigenvalue weighted by molar-refractivity contribution is 0.251. The SMILES string of the molecule is CCCCCNC(=O)Nc1c(OCCCn2cnc(-c3ccc(CCCC)cc3)c2)cccc1N(C)C. The standard InChI is InChI=1S/C30H43N5O2/c1-5-7-9-19-31-30(36)33-29-27(34(3)4)13-10-14-28(29)37-21-11-20-35-22-26(32-23-35)25-17-15-24(16-18-25)12-8-6-2/h10,13-18,22-23H,5-9,11-12,19-21H2,1-4H3,(H2,31,33,36). The van der Waals surface area contributed by atoms with Crippen LogP contribution < -0.4 is 20.3 Å². The second kappa shape index (κ2) is 14.9. The van der Waals surface area contributed by atoms with Crippen LogP contribution in [0.2, 0.25) is 0 Å². The lowest BCUT2D eigenvalue weighted by atomic mass is 10.1. The molecule has 1 aromatic heterocycles. The molecule has 1 heterocycles. The second-order valence-electron chi connectivity index (χ2n) is 9.63. The highest BCUT2D eigenvalue weighted by molar-refractivity contribution is 5.95. The number of nitrogens with zero attached hydrogens (tertiary/aromatic N) is 3.